The van der Waals surface area contributed by atoms with E-state index < -0.39 is 0 Å². The molecule has 5 heteroatoms. The predicted octanol–water partition coefficient (Wildman–Crippen LogP) is 3.92. The zero-order chi connectivity index (χ0) is 11.1. The van der Waals surface area contributed by atoms with Crippen LogP contribution in [-0.4, -0.2) is 9.97 Å². The van der Waals surface area contributed by atoms with Crippen LogP contribution in [0.4, 0.5) is 0 Å². The number of rotatable bonds is 1. The van der Waals surface area contributed by atoms with Gasteiger partial charge in [0.05, 0.1) is 0 Å². The molecule has 1 aliphatic heterocycles. The van der Waals surface area contributed by atoms with Crippen molar-refractivity contribution in [3.05, 3.63) is 32.2 Å². The minimum Gasteiger partial charge on any atom is -0.342 e. The van der Waals surface area contributed by atoms with Crippen molar-refractivity contribution in [3.8, 4) is 11.4 Å². The van der Waals surface area contributed by atoms with Gasteiger partial charge in [0.25, 0.3) is 0 Å². The van der Waals surface area contributed by atoms with Crippen LogP contribution in [0.1, 0.15) is 16.8 Å². The number of aromatic nitrogens is 2. The molecular weight excluding hydrogens is 256 g/mol. The normalized spacial score (nSPS) is 14.1. The van der Waals surface area contributed by atoms with E-state index in [1.54, 1.807) is 11.3 Å². The Labute approximate surface area is 107 Å². The molecule has 1 aliphatic rings. The number of nitrogens with one attached hydrogen (secondary N) is 1. The molecule has 0 radical (unpaired) electrons. The van der Waals surface area contributed by atoms with Gasteiger partial charge < -0.3 is 4.98 Å². The first-order chi connectivity index (χ1) is 7.75. The molecular formula is C11H10N2S3. The fourth-order valence-corrected chi connectivity index (χ4v) is 4.08. The highest BCUT2D eigenvalue weighted by atomic mass is 32.2. The van der Waals surface area contributed by atoms with Crippen LogP contribution >= 0.6 is 35.3 Å². The Morgan fingerprint density at radius 2 is 2.25 bits per heavy atom. The standard InChI is InChI=1S/C11H10N2S3/c1-6-2-15-3-7(6)10-12-9-5-16-4-8(9)11(14)13-10/h2-3H,4-5H2,1H3,(H,12,13,14). The number of aromatic amines is 1. The van der Waals surface area contributed by atoms with Gasteiger partial charge in [0, 0.05) is 33.7 Å². The smallest absolute Gasteiger partial charge is 0.140 e. The summed E-state index contributed by atoms with van der Waals surface area (Å²) in [6.07, 6.45) is 0. The lowest BCUT2D eigenvalue weighted by Crippen LogP contribution is -1.97. The third-order valence-electron chi connectivity index (χ3n) is 2.71. The van der Waals surface area contributed by atoms with Crippen molar-refractivity contribution in [1.82, 2.24) is 9.97 Å². The van der Waals surface area contributed by atoms with Crippen molar-refractivity contribution in [1.29, 1.82) is 0 Å². The Bertz CT molecular complexity index is 598. The topological polar surface area (TPSA) is 28.7 Å². The molecule has 2 aromatic rings. The molecule has 1 N–H and O–H groups in total. The van der Waals surface area contributed by atoms with E-state index in [0.717, 1.165) is 22.0 Å². The summed E-state index contributed by atoms with van der Waals surface area (Å²) in [6, 6.07) is 0. The monoisotopic (exact) mass is 266 g/mol. The predicted molar refractivity (Wildman–Crippen MR) is 72.5 cm³/mol. The van der Waals surface area contributed by atoms with Crippen molar-refractivity contribution >= 4 is 35.3 Å². The summed E-state index contributed by atoms with van der Waals surface area (Å²) < 4.78 is 0.763. The van der Waals surface area contributed by atoms with Gasteiger partial charge in [-0.3, -0.25) is 0 Å². The van der Waals surface area contributed by atoms with Crippen LogP contribution < -0.4 is 0 Å². The van der Waals surface area contributed by atoms with E-state index in [1.165, 1.54) is 22.4 Å². The summed E-state index contributed by atoms with van der Waals surface area (Å²) >= 11 is 8.94. The maximum atomic E-state index is 5.34. The van der Waals surface area contributed by atoms with Crippen molar-refractivity contribution in [2.75, 3.05) is 0 Å². The van der Waals surface area contributed by atoms with Crippen LogP contribution in [0.25, 0.3) is 11.4 Å². The maximum absolute atomic E-state index is 5.34. The first-order valence-electron chi connectivity index (χ1n) is 4.98. The van der Waals surface area contributed by atoms with E-state index in [0.29, 0.717) is 0 Å². The first kappa shape index (κ1) is 10.5. The van der Waals surface area contributed by atoms with Gasteiger partial charge in [-0.1, -0.05) is 12.2 Å². The van der Waals surface area contributed by atoms with Crippen LogP contribution in [0.2, 0.25) is 0 Å². The number of fused-ring (bicyclic) bond motifs is 1. The fourth-order valence-electron chi connectivity index (χ4n) is 1.80. The summed E-state index contributed by atoms with van der Waals surface area (Å²) in [7, 11) is 0. The van der Waals surface area contributed by atoms with Gasteiger partial charge in [-0.05, 0) is 17.9 Å². The quantitative estimate of drug-likeness (QED) is 0.793. The molecule has 0 amide bonds. The van der Waals surface area contributed by atoms with Crippen LogP contribution in [0, 0.1) is 11.6 Å². The number of hydrogen-bond donors (Lipinski definition) is 1. The van der Waals surface area contributed by atoms with E-state index in [1.807, 2.05) is 11.8 Å². The lowest BCUT2D eigenvalue weighted by molar-refractivity contribution is 1.06. The van der Waals surface area contributed by atoms with Crippen LogP contribution in [0.3, 0.4) is 0 Å². The summed E-state index contributed by atoms with van der Waals surface area (Å²) in [4.78, 5) is 7.92. The van der Waals surface area contributed by atoms with Crippen molar-refractivity contribution < 1.29 is 0 Å². The van der Waals surface area contributed by atoms with Gasteiger partial charge in [0.15, 0.2) is 0 Å². The second-order valence-electron chi connectivity index (χ2n) is 3.81. The molecule has 0 saturated heterocycles. The number of H-pyrrole nitrogens is 1. The Morgan fingerprint density at radius 1 is 1.38 bits per heavy atom. The minimum atomic E-state index is 0.763. The third kappa shape index (κ3) is 1.63. The fraction of sp³-hybridized carbons (Fsp3) is 0.273. The minimum absolute atomic E-state index is 0.763. The second kappa shape index (κ2) is 3.98. The van der Waals surface area contributed by atoms with Gasteiger partial charge in [0.1, 0.15) is 10.5 Å². The van der Waals surface area contributed by atoms with E-state index in [-0.39, 0.29) is 0 Å². The lowest BCUT2D eigenvalue weighted by Gasteiger charge is -2.04. The van der Waals surface area contributed by atoms with E-state index in [4.69, 9.17) is 12.2 Å². The number of thiophene rings is 1. The highest BCUT2D eigenvalue weighted by molar-refractivity contribution is 7.98. The Morgan fingerprint density at radius 3 is 3.00 bits per heavy atom. The van der Waals surface area contributed by atoms with Crippen molar-refractivity contribution in [2.45, 2.75) is 18.4 Å². The third-order valence-corrected chi connectivity index (χ3v) is 4.89. The number of hydrogen-bond acceptors (Lipinski definition) is 4. The van der Waals surface area contributed by atoms with Gasteiger partial charge in [-0.2, -0.15) is 23.1 Å². The molecule has 0 bridgehead atoms. The van der Waals surface area contributed by atoms with E-state index in [9.17, 15) is 0 Å². The zero-order valence-corrected chi connectivity index (χ0v) is 11.2. The van der Waals surface area contributed by atoms with Gasteiger partial charge in [-0.15, -0.1) is 0 Å². The Hall–Kier alpha value is -0.650. The molecule has 0 aliphatic carbocycles. The molecule has 0 atom stereocenters. The SMILES string of the molecule is Cc1cscc1-c1nc(=S)c2c([nH]1)CSC2. The van der Waals surface area contributed by atoms with Crippen molar-refractivity contribution in [3.63, 3.8) is 0 Å². The van der Waals surface area contributed by atoms with E-state index >= 15 is 0 Å². The molecule has 0 aromatic carbocycles. The molecule has 0 unspecified atom stereocenters. The molecule has 2 nitrogen and oxygen atoms in total. The lowest BCUT2D eigenvalue weighted by atomic mass is 10.2. The molecule has 16 heavy (non-hydrogen) atoms. The second-order valence-corrected chi connectivity index (χ2v) is 5.92. The molecule has 0 fully saturated rings. The first-order valence-corrected chi connectivity index (χ1v) is 7.49. The van der Waals surface area contributed by atoms with Gasteiger partial charge >= 0.3 is 0 Å². The number of nitrogens with zero attached hydrogens (tertiary/aromatic N) is 1. The zero-order valence-electron chi connectivity index (χ0n) is 8.74. The maximum Gasteiger partial charge on any atom is 0.140 e. The van der Waals surface area contributed by atoms with Crippen LogP contribution in [0.15, 0.2) is 10.8 Å². The summed E-state index contributed by atoms with van der Waals surface area (Å²) in [5, 5.41) is 4.26. The summed E-state index contributed by atoms with van der Waals surface area (Å²) in [6.45, 7) is 2.10. The number of thioether (sulfide) groups is 1. The highest BCUT2D eigenvalue weighted by Gasteiger charge is 2.16. The Kier molecular flexibility index (Phi) is 2.61. The van der Waals surface area contributed by atoms with Gasteiger partial charge in [0.2, 0.25) is 0 Å². The number of aryl methyl sites for hydroxylation is 1. The molecule has 0 saturated carbocycles. The average Bonchev–Trinajstić information content (AvgIpc) is 2.85. The van der Waals surface area contributed by atoms with Crippen LogP contribution in [-0.2, 0) is 11.5 Å². The summed E-state index contributed by atoms with van der Waals surface area (Å²) in [5.41, 5.74) is 4.91. The highest BCUT2D eigenvalue weighted by Crippen LogP contribution is 2.31. The largest absolute Gasteiger partial charge is 0.342 e. The molecule has 82 valence electrons. The molecule has 3 rings (SSSR count). The average molecular weight is 266 g/mol. The molecule has 2 aromatic heterocycles. The van der Waals surface area contributed by atoms with E-state index in [2.05, 4.69) is 27.7 Å². The van der Waals surface area contributed by atoms with Crippen molar-refractivity contribution in [2.24, 2.45) is 0 Å². The van der Waals surface area contributed by atoms with Gasteiger partial charge in [-0.25, -0.2) is 4.98 Å². The molecule has 0 spiro atoms. The Balaban J connectivity index is 2.21. The molecule has 3 heterocycles. The van der Waals surface area contributed by atoms with Crippen LogP contribution in [0.5, 0.6) is 0 Å². The summed E-state index contributed by atoms with van der Waals surface area (Å²) in [5.74, 6) is 2.95.